The zero-order valence-electron chi connectivity index (χ0n) is 9.29. The first-order valence-corrected chi connectivity index (χ1v) is 4.95. The van der Waals surface area contributed by atoms with Gasteiger partial charge in [-0.25, -0.2) is 0 Å². The number of allylic oxidation sites excluding steroid dienone is 3. The van der Waals surface area contributed by atoms with Gasteiger partial charge in [-0.15, -0.1) is 0 Å². The SMILES string of the molecule is CCC1=CC(C)(C)C=CN=C1C(C)=O. The summed E-state index contributed by atoms with van der Waals surface area (Å²) in [7, 11) is 0. The lowest BCUT2D eigenvalue weighted by Gasteiger charge is -2.15. The van der Waals surface area contributed by atoms with Gasteiger partial charge in [-0.1, -0.05) is 32.9 Å². The molecule has 1 aliphatic rings. The Morgan fingerprint density at radius 1 is 1.50 bits per heavy atom. The molecule has 2 nitrogen and oxygen atoms in total. The van der Waals surface area contributed by atoms with Crippen molar-refractivity contribution in [1.29, 1.82) is 0 Å². The van der Waals surface area contributed by atoms with Gasteiger partial charge < -0.3 is 0 Å². The van der Waals surface area contributed by atoms with E-state index in [2.05, 4.69) is 24.9 Å². The van der Waals surface area contributed by atoms with Crippen molar-refractivity contribution in [2.45, 2.75) is 34.1 Å². The molecule has 1 rings (SSSR count). The van der Waals surface area contributed by atoms with E-state index < -0.39 is 0 Å². The summed E-state index contributed by atoms with van der Waals surface area (Å²) in [5, 5.41) is 0. The number of aliphatic imine (C=N–C) groups is 1. The van der Waals surface area contributed by atoms with Crippen molar-refractivity contribution in [2.75, 3.05) is 0 Å². The lowest BCUT2D eigenvalue weighted by Crippen LogP contribution is -2.14. The molecule has 0 saturated carbocycles. The van der Waals surface area contributed by atoms with E-state index in [9.17, 15) is 4.79 Å². The normalized spacial score (nSPS) is 19.7. The van der Waals surface area contributed by atoms with Crippen molar-refractivity contribution in [3.63, 3.8) is 0 Å². The predicted octanol–water partition coefficient (Wildman–Crippen LogP) is 2.91. The maximum Gasteiger partial charge on any atom is 0.178 e. The van der Waals surface area contributed by atoms with E-state index in [4.69, 9.17) is 0 Å². The molecule has 0 unspecified atom stereocenters. The van der Waals surface area contributed by atoms with Crippen LogP contribution < -0.4 is 0 Å². The van der Waals surface area contributed by atoms with Gasteiger partial charge in [0.15, 0.2) is 5.78 Å². The van der Waals surface area contributed by atoms with Crippen LogP contribution in [0.4, 0.5) is 0 Å². The van der Waals surface area contributed by atoms with Crippen molar-refractivity contribution in [3.8, 4) is 0 Å². The number of nitrogens with zero attached hydrogens (tertiary/aromatic N) is 1. The summed E-state index contributed by atoms with van der Waals surface area (Å²) in [5.74, 6) is 0.0421. The van der Waals surface area contributed by atoms with Crippen LogP contribution in [0.2, 0.25) is 0 Å². The molecule has 76 valence electrons. The third-order valence-corrected chi connectivity index (χ3v) is 2.27. The van der Waals surface area contributed by atoms with Gasteiger partial charge in [0.2, 0.25) is 0 Å². The van der Waals surface area contributed by atoms with E-state index in [-0.39, 0.29) is 11.2 Å². The molecule has 1 heterocycles. The smallest absolute Gasteiger partial charge is 0.178 e. The van der Waals surface area contributed by atoms with Gasteiger partial charge in [0.1, 0.15) is 5.71 Å². The minimum Gasteiger partial charge on any atom is -0.293 e. The molecule has 0 aromatic rings. The van der Waals surface area contributed by atoms with Gasteiger partial charge in [0.25, 0.3) is 0 Å². The maximum absolute atomic E-state index is 11.3. The molecule has 0 aromatic heterocycles. The first-order chi connectivity index (χ1) is 6.46. The van der Waals surface area contributed by atoms with Gasteiger partial charge in [-0.3, -0.25) is 9.79 Å². The van der Waals surface area contributed by atoms with Crippen LogP contribution in [0.5, 0.6) is 0 Å². The lowest BCUT2D eigenvalue weighted by atomic mass is 9.89. The molecule has 0 bridgehead atoms. The highest BCUT2D eigenvalue weighted by molar-refractivity contribution is 6.45. The Hall–Kier alpha value is -1.18. The van der Waals surface area contributed by atoms with E-state index in [0.717, 1.165) is 12.0 Å². The van der Waals surface area contributed by atoms with E-state index in [1.165, 1.54) is 0 Å². The molecule has 0 fully saturated rings. The van der Waals surface area contributed by atoms with E-state index in [0.29, 0.717) is 5.71 Å². The zero-order valence-corrected chi connectivity index (χ0v) is 9.29. The molecule has 0 aliphatic carbocycles. The highest BCUT2D eigenvalue weighted by atomic mass is 16.1. The summed E-state index contributed by atoms with van der Waals surface area (Å²) in [4.78, 5) is 15.5. The van der Waals surface area contributed by atoms with Crippen LogP contribution >= 0.6 is 0 Å². The quantitative estimate of drug-likeness (QED) is 0.660. The summed E-state index contributed by atoms with van der Waals surface area (Å²) in [5.41, 5.74) is 1.65. The number of hydrogen-bond donors (Lipinski definition) is 0. The van der Waals surface area contributed by atoms with Crippen molar-refractivity contribution in [1.82, 2.24) is 0 Å². The summed E-state index contributed by atoms with van der Waals surface area (Å²) >= 11 is 0. The summed E-state index contributed by atoms with van der Waals surface area (Å²) in [6.45, 7) is 7.83. The fourth-order valence-electron chi connectivity index (χ4n) is 1.54. The minimum absolute atomic E-state index is 0.00789. The monoisotopic (exact) mass is 191 g/mol. The van der Waals surface area contributed by atoms with Crippen LogP contribution in [0, 0.1) is 5.41 Å². The topological polar surface area (TPSA) is 29.4 Å². The molecule has 0 atom stereocenters. The number of carbonyl (C=O) groups excluding carboxylic acids is 1. The molecular formula is C12H17NO. The molecule has 2 heteroatoms. The Bertz CT molecular complexity index is 332. The zero-order chi connectivity index (χ0) is 10.8. The molecule has 0 spiro atoms. The molecule has 0 radical (unpaired) electrons. The molecular weight excluding hydrogens is 174 g/mol. The third kappa shape index (κ3) is 2.41. The fourth-order valence-corrected chi connectivity index (χ4v) is 1.54. The van der Waals surface area contributed by atoms with E-state index in [1.54, 1.807) is 13.1 Å². The van der Waals surface area contributed by atoms with Gasteiger partial charge in [-0.2, -0.15) is 0 Å². The molecule has 1 aliphatic heterocycles. The van der Waals surface area contributed by atoms with Gasteiger partial charge in [0.05, 0.1) is 0 Å². The molecule has 14 heavy (non-hydrogen) atoms. The summed E-state index contributed by atoms with van der Waals surface area (Å²) in [6, 6.07) is 0. The summed E-state index contributed by atoms with van der Waals surface area (Å²) in [6.07, 6.45) is 6.72. The largest absolute Gasteiger partial charge is 0.293 e. The first-order valence-electron chi connectivity index (χ1n) is 4.95. The number of carbonyl (C=O) groups is 1. The molecule has 0 aromatic carbocycles. The molecule has 0 saturated heterocycles. The lowest BCUT2D eigenvalue weighted by molar-refractivity contribution is -0.111. The Kier molecular flexibility index (Phi) is 3.04. The average Bonchev–Trinajstić information content (AvgIpc) is 2.22. The fraction of sp³-hybridized carbons (Fsp3) is 0.500. The van der Waals surface area contributed by atoms with Gasteiger partial charge in [0, 0.05) is 18.5 Å². The highest BCUT2D eigenvalue weighted by Crippen LogP contribution is 2.25. The van der Waals surface area contributed by atoms with Crippen molar-refractivity contribution >= 4 is 11.5 Å². The van der Waals surface area contributed by atoms with Gasteiger partial charge in [-0.05, 0) is 12.0 Å². The standard InChI is InChI=1S/C12H17NO/c1-5-10-8-12(3,4)6-7-13-11(10)9(2)14/h6-8H,5H2,1-4H3. The highest BCUT2D eigenvalue weighted by Gasteiger charge is 2.18. The number of Topliss-reactive ketones (excluding diaryl/α,β-unsaturated/α-hetero) is 1. The second-order valence-corrected chi connectivity index (χ2v) is 4.19. The predicted molar refractivity (Wildman–Crippen MR) is 59.4 cm³/mol. The van der Waals surface area contributed by atoms with Crippen LogP contribution in [0.25, 0.3) is 0 Å². The van der Waals surface area contributed by atoms with E-state index >= 15 is 0 Å². The first kappa shape index (κ1) is 10.9. The Morgan fingerprint density at radius 3 is 2.64 bits per heavy atom. The van der Waals surface area contributed by atoms with Crippen LogP contribution in [0.1, 0.15) is 34.1 Å². The Labute approximate surface area is 85.4 Å². The maximum atomic E-state index is 11.3. The van der Waals surface area contributed by atoms with Crippen LogP contribution in [-0.4, -0.2) is 11.5 Å². The molecule has 0 N–H and O–H groups in total. The Balaban J connectivity index is 3.16. The number of hydrogen-bond acceptors (Lipinski definition) is 2. The summed E-state index contributed by atoms with van der Waals surface area (Å²) < 4.78 is 0. The van der Waals surface area contributed by atoms with Crippen molar-refractivity contribution in [2.24, 2.45) is 10.4 Å². The van der Waals surface area contributed by atoms with Crippen LogP contribution in [-0.2, 0) is 4.79 Å². The van der Waals surface area contributed by atoms with Gasteiger partial charge >= 0.3 is 0 Å². The van der Waals surface area contributed by atoms with Crippen LogP contribution in [0.15, 0.2) is 28.9 Å². The van der Waals surface area contributed by atoms with E-state index in [1.807, 2.05) is 13.0 Å². The van der Waals surface area contributed by atoms with Crippen LogP contribution in [0.3, 0.4) is 0 Å². The van der Waals surface area contributed by atoms with Crippen molar-refractivity contribution in [3.05, 3.63) is 23.9 Å². The average molecular weight is 191 g/mol. The Morgan fingerprint density at radius 2 is 2.14 bits per heavy atom. The van der Waals surface area contributed by atoms with Crippen molar-refractivity contribution < 1.29 is 4.79 Å². The minimum atomic E-state index is -0.00789. The number of rotatable bonds is 2. The molecule has 0 amide bonds. The number of ketones is 1. The third-order valence-electron chi connectivity index (χ3n) is 2.27. The second-order valence-electron chi connectivity index (χ2n) is 4.19. The second kappa shape index (κ2) is 3.91.